The Bertz CT molecular complexity index is 1030. The highest BCUT2D eigenvalue weighted by Gasteiger charge is 2.27. The van der Waals surface area contributed by atoms with Crippen molar-refractivity contribution in [3.8, 4) is 0 Å². The number of hydrogen-bond acceptors (Lipinski definition) is 4. The van der Waals surface area contributed by atoms with Gasteiger partial charge in [0.2, 0.25) is 15.9 Å². The largest absolute Gasteiger partial charge is 0.326 e. The van der Waals surface area contributed by atoms with Crippen LogP contribution in [0, 0.1) is 11.7 Å². The van der Waals surface area contributed by atoms with E-state index in [2.05, 4.69) is 10.2 Å². The summed E-state index contributed by atoms with van der Waals surface area (Å²) in [6.45, 7) is 3.15. The summed E-state index contributed by atoms with van der Waals surface area (Å²) < 4.78 is 40.9. The third-order valence-electron chi connectivity index (χ3n) is 6.38. The molecule has 2 aromatic rings. The third kappa shape index (κ3) is 5.36. The van der Waals surface area contributed by atoms with Gasteiger partial charge in [0.15, 0.2) is 0 Å². The molecule has 1 N–H and O–H groups in total. The Kier molecular flexibility index (Phi) is 7.23. The number of carbonyl (C=O) groups is 1. The molecule has 0 unspecified atom stereocenters. The Balaban J connectivity index is 1.29. The molecule has 0 atom stereocenters. The summed E-state index contributed by atoms with van der Waals surface area (Å²) in [5.41, 5.74) is 1.27. The number of likely N-dealkylation sites (tertiary alicyclic amines) is 1. The number of anilines is 1. The fraction of sp³-hybridized carbons (Fsp3) is 0.458. The molecule has 6 nitrogen and oxygen atoms in total. The van der Waals surface area contributed by atoms with Crippen molar-refractivity contribution in [1.82, 2.24) is 9.21 Å². The second-order valence-corrected chi connectivity index (χ2v) is 10.6. The van der Waals surface area contributed by atoms with E-state index >= 15 is 0 Å². The molecule has 0 saturated carbocycles. The summed E-state index contributed by atoms with van der Waals surface area (Å²) >= 11 is 0. The van der Waals surface area contributed by atoms with Crippen LogP contribution in [-0.4, -0.2) is 49.7 Å². The van der Waals surface area contributed by atoms with E-state index in [1.807, 2.05) is 6.07 Å². The lowest BCUT2D eigenvalue weighted by Gasteiger charge is -2.31. The molecule has 172 valence electrons. The van der Waals surface area contributed by atoms with Crippen LogP contribution in [0.4, 0.5) is 10.1 Å². The summed E-state index contributed by atoms with van der Waals surface area (Å²) in [7, 11) is -3.47. The molecule has 0 aliphatic carbocycles. The molecule has 0 bridgehead atoms. The second kappa shape index (κ2) is 10.1. The molecule has 4 rings (SSSR count). The van der Waals surface area contributed by atoms with Gasteiger partial charge < -0.3 is 5.32 Å². The van der Waals surface area contributed by atoms with Gasteiger partial charge in [-0.15, -0.1) is 0 Å². The van der Waals surface area contributed by atoms with E-state index in [4.69, 9.17) is 0 Å². The SMILES string of the molecule is O=C(Nc1ccc(S(=O)(=O)N2CCCCC2)cc1)C1CCN(Cc2ccccc2F)CC1. The number of nitrogens with zero attached hydrogens (tertiary/aromatic N) is 2. The molecule has 32 heavy (non-hydrogen) atoms. The van der Waals surface area contributed by atoms with Gasteiger partial charge in [-0.25, -0.2) is 12.8 Å². The van der Waals surface area contributed by atoms with Gasteiger partial charge in [0, 0.05) is 36.8 Å². The molecule has 2 aliphatic rings. The van der Waals surface area contributed by atoms with Crippen LogP contribution < -0.4 is 5.32 Å². The first kappa shape index (κ1) is 22.9. The van der Waals surface area contributed by atoms with Crippen LogP contribution in [0.25, 0.3) is 0 Å². The van der Waals surface area contributed by atoms with Crippen LogP contribution in [-0.2, 0) is 21.4 Å². The molecule has 0 spiro atoms. The van der Waals surface area contributed by atoms with Crippen LogP contribution in [0.15, 0.2) is 53.4 Å². The minimum atomic E-state index is -3.47. The highest BCUT2D eigenvalue weighted by atomic mass is 32.2. The molecule has 2 fully saturated rings. The Morgan fingerprint density at radius 3 is 2.25 bits per heavy atom. The predicted octanol–water partition coefficient (Wildman–Crippen LogP) is 3.85. The smallest absolute Gasteiger partial charge is 0.243 e. The maximum atomic E-state index is 13.9. The number of halogens is 1. The average molecular weight is 460 g/mol. The fourth-order valence-corrected chi connectivity index (χ4v) is 5.95. The van der Waals surface area contributed by atoms with Gasteiger partial charge in [-0.1, -0.05) is 24.6 Å². The van der Waals surface area contributed by atoms with Gasteiger partial charge in [-0.3, -0.25) is 9.69 Å². The zero-order chi connectivity index (χ0) is 22.6. The first-order chi connectivity index (χ1) is 15.4. The van der Waals surface area contributed by atoms with E-state index < -0.39 is 10.0 Å². The number of rotatable bonds is 6. The van der Waals surface area contributed by atoms with E-state index in [9.17, 15) is 17.6 Å². The number of amides is 1. The number of nitrogens with one attached hydrogen (secondary N) is 1. The highest BCUT2D eigenvalue weighted by Crippen LogP contribution is 2.24. The molecule has 0 aromatic heterocycles. The molecule has 2 heterocycles. The van der Waals surface area contributed by atoms with E-state index in [-0.39, 0.29) is 22.5 Å². The van der Waals surface area contributed by atoms with Crippen LogP contribution in [0.1, 0.15) is 37.7 Å². The van der Waals surface area contributed by atoms with Gasteiger partial charge in [0.25, 0.3) is 0 Å². The lowest BCUT2D eigenvalue weighted by molar-refractivity contribution is -0.121. The number of carbonyl (C=O) groups excluding carboxylic acids is 1. The van der Waals surface area contributed by atoms with Crippen LogP contribution >= 0.6 is 0 Å². The molecule has 2 aliphatic heterocycles. The fourth-order valence-electron chi connectivity index (χ4n) is 4.43. The van der Waals surface area contributed by atoms with E-state index in [0.717, 1.165) is 32.4 Å². The summed E-state index contributed by atoms with van der Waals surface area (Å²) in [4.78, 5) is 15.1. The van der Waals surface area contributed by atoms with Crippen molar-refractivity contribution in [2.75, 3.05) is 31.5 Å². The van der Waals surface area contributed by atoms with Crippen molar-refractivity contribution in [1.29, 1.82) is 0 Å². The standard InChI is InChI=1S/C24H30FN3O3S/c25-23-7-3-2-6-20(23)18-27-16-12-19(13-17-27)24(29)26-21-8-10-22(11-9-21)32(30,31)28-14-4-1-5-15-28/h2-3,6-11,19H,1,4-5,12-18H2,(H,26,29). The quantitative estimate of drug-likeness (QED) is 0.712. The van der Waals surface area contributed by atoms with Crippen LogP contribution in [0.2, 0.25) is 0 Å². The minimum Gasteiger partial charge on any atom is -0.326 e. The predicted molar refractivity (Wildman–Crippen MR) is 122 cm³/mol. The van der Waals surface area contributed by atoms with E-state index in [1.54, 1.807) is 40.7 Å². The van der Waals surface area contributed by atoms with Crippen molar-refractivity contribution < 1.29 is 17.6 Å². The van der Waals surface area contributed by atoms with Crippen LogP contribution in [0.5, 0.6) is 0 Å². The van der Waals surface area contributed by atoms with Gasteiger partial charge in [-0.05, 0) is 69.1 Å². The maximum absolute atomic E-state index is 13.9. The number of piperidine rings is 2. The van der Waals surface area contributed by atoms with E-state index in [1.165, 1.54) is 6.07 Å². The molecule has 1 amide bonds. The van der Waals surface area contributed by atoms with Crippen molar-refractivity contribution in [2.24, 2.45) is 5.92 Å². The number of benzene rings is 2. The molecular weight excluding hydrogens is 429 g/mol. The van der Waals surface area contributed by atoms with Gasteiger partial charge in [-0.2, -0.15) is 4.31 Å². The first-order valence-electron chi connectivity index (χ1n) is 11.3. The summed E-state index contributed by atoms with van der Waals surface area (Å²) in [5.74, 6) is -0.357. The van der Waals surface area contributed by atoms with Crippen molar-refractivity contribution in [2.45, 2.75) is 43.5 Å². The lowest BCUT2D eigenvalue weighted by Crippen LogP contribution is -2.38. The highest BCUT2D eigenvalue weighted by molar-refractivity contribution is 7.89. The maximum Gasteiger partial charge on any atom is 0.243 e. The first-order valence-corrected chi connectivity index (χ1v) is 12.7. The topological polar surface area (TPSA) is 69.7 Å². The Morgan fingerprint density at radius 2 is 1.59 bits per heavy atom. The van der Waals surface area contributed by atoms with Gasteiger partial charge in [0.1, 0.15) is 5.82 Å². The molecule has 2 aromatic carbocycles. The van der Waals surface area contributed by atoms with Gasteiger partial charge >= 0.3 is 0 Å². The summed E-state index contributed by atoms with van der Waals surface area (Å²) in [5, 5.41) is 2.92. The number of hydrogen-bond donors (Lipinski definition) is 1. The summed E-state index contributed by atoms with van der Waals surface area (Å²) in [6.07, 6.45) is 4.28. The second-order valence-electron chi connectivity index (χ2n) is 8.62. The minimum absolute atomic E-state index is 0.0535. The Morgan fingerprint density at radius 1 is 0.938 bits per heavy atom. The monoisotopic (exact) mass is 459 g/mol. The van der Waals surface area contributed by atoms with Crippen molar-refractivity contribution in [3.63, 3.8) is 0 Å². The van der Waals surface area contributed by atoms with Crippen LogP contribution in [0.3, 0.4) is 0 Å². The molecule has 8 heteroatoms. The summed E-state index contributed by atoms with van der Waals surface area (Å²) in [6, 6.07) is 13.2. The molecule has 2 saturated heterocycles. The zero-order valence-electron chi connectivity index (χ0n) is 18.2. The number of sulfonamides is 1. The van der Waals surface area contributed by atoms with Gasteiger partial charge in [0.05, 0.1) is 4.90 Å². The van der Waals surface area contributed by atoms with Crippen molar-refractivity contribution >= 4 is 21.6 Å². The Labute approximate surface area is 189 Å². The third-order valence-corrected chi connectivity index (χ3v) is 8.30. The molecule has 0 radical (unpaired) electrons. The zero-order valence-corrected chi connectivity index (χ0v) is 19.0. The van der Waals surface area contributed by atoms with Crippen molar-refractivity contribution in [3.05, 3.63) is 59.9 Å². The molecular formula is C24H30FN3O3S. The average Bonchev–Trinajstić information content (AvgIpc) is 2.82. The normalized spacial score (nSPS) is 19.0. The Hall–Kier alpha value is -2.29. The van der Waals surface area contributed by atoms with E-state index in [0.29, 0.717) is 43.7 Å². The lowest BCUT2D eigenvalue weighted by atomic mass is 9.95.